The molecule has 0 aromatic heterocycles. The number of rotatable bonds is 10. The van der Waals surface area contributed by atoms with E-state index in [2.05, 4.69) is 51.3 Å². The molecule has 0 saturated heterocycles. The summed E-state index contributed by atoms with van der Waals surface area (Å²) < 4.78 is 0. The van der Waals surface area contributed by atoms with Gasteiger partial charge < -0.3 is 10.2 Å². The van der Waals surface area contributed by atoms with Crippen LogP contribution in [0.15, 0.2) is 0 Å². The zero-order valence-electron chi connectivity index (χ0n) is 12.7. The number of nitrogens with zero attached hydrogens (tertiary/aromatic N) is 1. The van der Waals surface area contributed by atoms with Gasteiger partial charge in [0, 0.05) is 24.9 Å². The molecule has 104 valence electrons. The molecule has 2 unspecified atom stereocenters. The highest BCUT2D eigenvalue weighted by atomic mass is 32.2. The molecule has 0 spiro atoms. The lowest BCUT2D eigenvalue weighted by Crippen LogP contribution is -2.44. The van der Waals surface area contributed by atoms with Gasteiger partial charge in [-0.2, -0.15) is 11.8 Å². The van der Waals surface area contributed by atoms with Crippen LogP contribution in [-0.2, 0) is 0 Å². The summed E-state index contributed by atoms with van der Waals surface area (Å²) in [6, 6.07) is 0.720. The highest BCUT2D eigenvalue weighted by molar-refractivity contribution is 7.98. The van der Waals surface area contributed by atoms with E-state index in [-0.39, 0.29) is 0 Å². The molecule has 0 radical (unpaired) electrons. The predicted octanol–water partition coefficient (Wildman–Crippen LogP) is 3.09. The maximum atomic E-state index is 3.36. The number of nitrogens with one attached hydrogen (secondary N) is 1. The molecule has 0 saturated carbocycles. The van der Waals surface area contributed by atoms with Crippen molar-refractivity contribution in [3.63, 3.8) is 0 Å². The molecule has 0 aliphatic rings. The van der Waals surface area contributed by atoms with E-state index in [4.69, 9.17) is 0 Å². The van der Waals surface area contributed by atoms with Crippen LogP contribution in [0.5, 0.6) is 0 Å². The average molecular weight is 260 g/mol. The van der Waals surface area contributed by atoms with Crippen molar-refractivity contribution in [2.75, 3.05) is 39.2 Å². The second-order valence-electron chi connectivity index (χ2n) is 5.52. The van der Waals surface area contributed by atoms with Gasteiger partial charge in [-0.25, -0.2) is 0 Å². The summed E-state index contributed by atoms with van der Waals surface area (Å²) in [5, 5.41) is 3.36. The van der Waals surface area contributed by atoms with Gasteiger partial charge in [0.05, 0.1) is 0 Å². The maximum Gasteiger partial charge on any atom is 0.0180 e. The monoisotopic (exact) mass is 260 g/mol. The van der Waals surface area contributed by atoms with Crippen LogP contribution in [0.3, 0.4) is 0 Å². The molecule has 3 heteroatoms. The van der Waals surface area contributed by atoms with Gasteiger partial charge in [-0.1, -0.05) is 27.2 Å². The Kier molecular flexibility index (Phi) is 9.38. The molecular weight excluding hydrogens is 228 g/mol. The topological polar surface area (TPSA) is 15.3 Å². The predicted molar refractivity (Wildman–Crippen MR) is 82.0 cm³/mol. The molecule has 2 nitrogen and oxygen atoms in total. The Hall–Kier alpha value is 0.270. The third-order valence-electron chi connectivity index (χ3n) is 3.54. The van der Waals surface area contributed by atoms with Crippen molar-refractivity contribution in [2.24, 2.45) is 5.41 Å². The van der Waals surface area contributed by atoms with Crippen LogP contribution in [0.25, 0.3) is 0 Å². The van der Waals surface area contributed by atoms with Crippen molar-refractivity contribution in [3.8, 4) is 0 Å². The van der Waals surface area contributed by atoms with Crippen LogP contribution < -0.4 is 5.32 Å². The van der Waals surface area contributed by atoms with Gasteiger partial charge in [-0.3, -0.25) is 0 Å². The summed E-state index contributed by atoms with van der Waals surface area (Å²) in [5.41, 5.74) is 0.407. The molecule has 0 fully saturated rings. The number of thioether (sulfide) groups is 1. The summed E-state index contributed by atoms with van der Waals surface area (Å²) in [5.74, 6) is 1.24. The molecule has 0 amide bonds. The molecule has 0 aliphatic heterocycles. The Bertz CT molecular complexity index is 179. The van der Waals surface area contributed by atoms with Gasteiger partial charge in [0.1, 0.15) is 0 Å². The van der Waals surface area contributed by atoms with E-state index in [0.29, 0.717) is 5.41 Å². The SMILES string of the molecule is CCCC(C)(CNC)CN(C)C(CC)CSC. The van der Waals surface area contributed by atoms with Gasteiger partial charge >= 0.3 is 0 Å². The fraction of sp³-hybridized carbons (Fsp3) is 1.00. The number of hydrogen-bond donors (Lipinski definition) is 1. The van der Waals surface area contributed by atoms with E-state index in [9.17, 15) is 0 Å². The van der Waals surface area contributed by atoms with E-state index >= 15 is 0 Å². The Morgan fingerprint density at radius 1 is 1.35 bits per heavy atom. The minimum absolute atomic E-state index is 0.407. The van der Waals surface area contributed by atoms with Gasteiger partial charge in [-0.15, -0.1) is 0 Å². The zero-order valence-corrected chi connectivity index (χ0v) is 13.5. The lowest BCUT2D eigenvalue weighted by Gasteiger charge is -2.37. The molecule has 0 bridgehead atoms. The second kappa shape index (κ2) is 9.23. The first-order chi connectivity index (χ1) is 8.02. The largest absolute Gasteiger partial charge is 0.319 e. The molecule has 0 aromatic carbocycles. The van der Waals surface area contributed by atoms with Crippen molar-refractivity contribution >= 4 is 11.8 Å². The summed E-state index contributed by atoms with van der Waals surface area (Å²) >= 11 is 1.96. The molecule has 0 heterocycles. The van der Waals surface area contributed by atoms with Gasteiger partial charge in [-0.05, 0) is 38.6 Å². The van der Waals surface area contributed by atoms with Crippen LogP contribution in [0, 0.1) is 5.41 Å². The molecule has 17 heavy (non-hydrogen) atoms. The molecule has 0 aromatic rings. The van der Waals surface area contributed by atoms with Crippen LogP contribution in [0.2, 0.25) is 0 Å². The van der Waals surface area contributed by atoms with E-state index in [1.54, 1.807) is 0 Å². The first kappa shape index (κ1) is 17.3. The Morgan fingerprint density at radius 2 is 2.00 bits per heavy atom. The highest BCUT2D eigenvalue weighted by Gasteiger charge is 2.26. The average Bonchev–Trinajstić information content (AvgIpc) is 2.25. The maximum absolute atomic E-state index is 3.36. The lowest BCUT2D eigenvalue weighted by atomic mass is 9.84. The Balaban J connectivity index is 4.40. The van der Waals surface area contributed by atoms with Crippen molar-refractivity contribution in [1.29, 1.82) is 0 Å². The van der Waals surface area contributed by atoms with E-state index in [1.165, 1.54) is 31.6 Å². The first-order valence-corrected chi connectivity index (χ1v) is 8.26. The fourth-order valence-corrected chi connectivity index (χ4v) is 3.61. The van der Waals surface area contributed by atoms with E-state index in [1.807, 2.05) is 11.8 Å². The minimum atomic E-state index is 0.407. The van der Waals surface area contributed by atoms with Gasteiger partial charge in [0.25, 0.3) is 0 Å². The molecule has 0 aliphatic carbocycles. The van der Waals surface area contributed by atoms with Gasteiger partial charge in [0.2, 0.25) is 0 Å². The second-order valence-corrected chi connectivity index (χ2v) is 6.43. The summed E-state index contributed by atoms with van der Waals surface area (Å²) in [4.78, 5) is 2.56. The van der Waals surface area contributed by atoms with E-state index in [0.717, 1.165) is 12.6 Å². The Morgan fingerprint density at radius 3 is 2.41 bits per heavy atom. The third-order valence-corrected chi connectivity index (χ3v) is 4.26. The lowest BCUT2D eigenvalue weighted by molar-refractivity contribution is 0.143. The highest BCUT2D eigenvalue weighted by Crippen LogP contribution is 2.25. The van der Waals surface area contributed by atoms with Crippen molar-refractivity contribution < 1.29 is 0 Å². The molecule has 0 rings (SSSR count). The quantitative estimate of drug-likeness (QED) is 0.650. The Labute approximate surface area is 113 Å². The van der Waals surface area contributed by atoms with Crippen LogP contribution in [0.1, 0.15) is 40.0 Å². The standard InChI is InChI=1S/C14H32N2S/c1-7-9-14(3,11-15-4)12-16(5)13(8-2)10-17-6/h13,15H,7-12H2,1-6H3. The van der Waals surface area contributed by atoms with Crippen molar-refractivity contribution in [3.05, 3.63) is 0 Å². The van der Waals surface area contributed by atoms with E-state index < -0.39 is 0 Å². The van der Waals surface area contributed by atoms with Crippen molar-refractivity contribution in [2.45, 2.75) is 46.1 Å². The first-order valence-electron chi connectivity index (χ1n) is 6.86. The normalized spacial score (nSPS) is 17.1. The molecule has 2 atom stereocenters. The van der Waals surface area contributed by atoms with Crippen LogP contribution >= 0.6 is 11.8 Å². The summed E-state index contributed by atoms with van der Waals surface area (Å²) in [7, 11) is 4.35. The zero-order chi connectivity index (χ0) is 13.3. The van der Waals surface area contributed by atoms with Crippen LogP contribution in [0.4, 0.5) is 0 Å². The van der Waals surface area contributed by atoms with Crippen molar-refractivity contribution in [1.82, 2.24) is 10.2 Å². The van der Waals surface area contributed by atoms with Crippen LogP contribution in [-0.4, -0.2) is 50.1 Å². The molecule has 1 N–H and O–H groups in total. The fourth-order valence-electron chi connectivity index (χ4n) is 2.73. The summed E-state index contributed by atoms with van der Waals surface area (Å²) in [6.45, 7) is 9.30. The third kappa shape index (κ3) is 6.68. The molecular formula is C14H32N2S. The number of hydrogen-bond acceptors (Lipinski definition) is 3. The minimum Gasteiger partial charge on any atom is -0.319 e. The van der Waals surface area contributed by atoms with Gasteiger partial charge in [0.15, 0.2) is 0 Å². The summed E-state index contributed by atoms with van der Waals surface area (Å²) in [6.07, 6.45) is 6.02. The smallest absolute Gasteiger partial charge is 0.0180 e.